The molecular formula is C16H22N4. The number of nitrogens with zero attached hydrogens (tertiary/aromatic N) is 3. The second kappa shape index (κ2) is 6.18. The molecular weight excluding hydrogens is 248 g/mol. The van der Waals surface area contributed by atoms with E-state index in [4.69, 9.17) is 0 Å². The number of H-pyrrole nitrogens is 1. The minimum Gasteiger partial charge on any atom is -0.348 e. The predicted octanol–water partition coefficient (Wildman–Crippen LogP) is 2.57. The molecule has 0 aliphatic carbocycles. The first-order valence-corrected chi connectivity index (χ1v) is 7.42. The van der Waals surface area contributed by atoms with Crippen molar-refractivity contribution >= 4 is 0 Å². The molecule has 20 heavy (non-hydrogen) atoms. The molecule has 0 aromatic carbocycles. The van der Waals surface area contributed by atoms with Crippen molar-refractivity contribution in [1.29, 1.82) is 0 Å². The summed E-state index contributed by atoms with van der Waals surface area (Å²) in [7, 11) is 0. The van der Waals surface area contributed by atoms with Crippen LogP contribution < -0.4 is 0 Å². The van der Waals surface area contributed by atoms with Gasteiger partial charge in [0.15, 0.2) is 0 Å². The van der Waals surface area contributed by atoms with E-state index in [2.05, 4.69) is 32.0 Å². The molecule has 2 aromatic rings. The minimum atomic E-state index is 0.739. The highest BCUT2D eigenvalue weighted by Gasteiger charge is 2.20. The maximum absolute atomic E-state index is 4.40. The fraction of sp³-hybridized carbons (Fsp3) is 0.500. The molecule has 1 fully saturated rings. The lowest BCUT2D eigenvalue weighted by molar-refractivity contribution is 0.164. The highest BCUT2D eigenvalue weighted by atomic mass is 15.2. The molecule has 0 unspecified atom stereocenters. The molecule has 1 atom stereocenters. The summed E-state index contributed by atoms with van der Waals surface area (Å²) in [5.74, 6) is 1.81. The minimum absolute atomic E-state index is 0.739. The van der Waals surface area contributed by atoms with Gasteiger partial charge in [0.1, 0.15) is 5.82 Å². The Balaban J connectivity index is 1.56. The van der Waals surface area contributed by atoms with Crippen LogP contribution in [-0.4, -0.2) is 32.9 Å². The molecule has 106 valence electrons. The number of pyridine rings is 1. The van der Waals surface area contributed by atoms with Crippen molar-refractivity contribution in [2.24, 2.45) is 5.92 Å². The zero-order chi connectivity index (χ0) is 13.8. The van der Waals surface area contributed by atoms with E-state index in [1.54, 1.807) is 0 Å². The van der Waals surface area contributed by atoms with Crippen LogP contribution in [0.3, 0.4) is 0 Å². The molecule has 0 radical (unpaired) electrons. The first kappa shape index (κ1) is 13.3. The van der Waals surface area contributed by atoms with E-state index >= 15 is 0 Å². The molecule has 0 spiro atoms. The summed E-state index contributed by atoms with van der Waals surface area (Å²) in [5.41, 5.74) is 2.46. The molecule has 1 aliphatic heterocycles. The largest absolute Gasteiger partial charge is 0.348 e. The summed E-state index contributed by atoms with van der Waals surface area (Å²) in [6.07, 6.45) is 9.50. The zero-order valence-corrected chi connectivity index (χ0v) is 12.0. The predicted molar refractivity (Wildman–Crippen MR) is 79.3 cm³/mol. The number of aromatic amines is 1. The van der Waals surface area contributed by atoms with Gasteiger partial charge >= 0.3 is 0 Å². The molecule has 1 N–H and O–H groups in total. The van der Waals surface area contributed by atoms with E-state index in [1.165, 1.54) is 24.9 Å². The third-order valence-corrected chi connectivity index (χ3v) is 4.03. The molecule has 4 heteroatoms. The molecule has 0 saturated carbocycles. The molecule has 0 amide bonds. The van der Waals surface area contributed by atoms with Crippen molar-refractivity contribution in [1.82, 2.24) is 19.9 Å². The van der Waals surface area contributed by atoms with Gasteiger partial charge in [-0.05, 0) is 50.3 Å². The third-order valence-electron chi connectivity index (χ3n) is 4.03. The van der Waals surface area contributed by atoms with E-state index in [9.17, 15) is 0 Å². The van der Waals surface area contributed by atoms with E-state index in [0.29, 0.717) is 0 Å². The van der Waals surface area contributed by atoms with Crippen LogP contribution in [0.25, 0.3) is 0 Å². The Labute approximate surface area is 120 Å². The smallest absolute Gasteiger partial charge is 0.120 e. The van der Waals surface area contributed by atoms with Gasteiger partial charge in [0.05, 0.1) is 6.54 Å². The fourth-order valence-electron chi connectivity index (χ4n) is 3.01. The van der Waals surface area contributed by atoms with Crippen LogP contribution in [0, 0.1) is 12.8 Å². The molecule has 4 nitrogen and oxygen atoms in total. The Morgan fingerprint density at radius 3 is 3.05 bits per heavy atom. The summed E-state index contributed by atoms with van der Waals surface area (Å²) >= 11 is 0. The van der Waals surface area contributed by atoms with Crippen LogP contribution in [0.5, 0.6) is 0 Å². The zero-order valence-electron chi connectivity index (χ0n) is 12.0. The lowest BCUT2D eigenvalue weighted by atomic mass is 9.92. The Morgan fingerprint density at radius 1 is 1.35 bits per heavy atom. The van der Waals surface area contributed by atoms with Gasteiger partial charge in [-0.25, -0.2) is 4.98 Å². The van der Waals surface area contributed by atoms with Gasteiger partial charge in [0.2, 0.25) is 0 Å². The number of imidazole rings is 1. The highest BCUT2D eigenvalue weighted by Crippen LogP contribution is 2.21. The Hall–Kier alpha value is -1.68. The number of piperidine rings is 1. The van der Waals surface area contributed by atoms with Gasteiger partial charge in [-0.3, -0.25) is 9.88 Å². The highest BCUT2D eigenvalue weighted by molar-refractivity contribution is 5.14. The Bertz CT molecular complexity index is 518. The number of nitrogens with one attached hydrogen (secondary N) is 1. The van der Waals surface area contributed by atoms with Crippen molar-refractivity contribution in [3.63, 3.8) is 0 Å². The van der Waals surface area contributed by atoms with Gasteiger partial charge < -0.3 is 4.98 Å². The Kier molecular flexibility index (Phi) is 4.11. The van der Waals surface area contributed by atoms with Gasteiger partial charge in [0.25, 0.3) is 0 Å². The van der Waals surface area contributed by atoms with Crippen molar-refractivity contribution in [2.45, 2.75) is 32.7 Å². The molecule has 1 aliphatic rings. The molecule has 2 aromatic heterocycles. The Morgan fingerprint density at radius 2 is 2.30 bits per heavy atom. The quantitative estimate of drug-likeness (QED) is 0.928. The van der Waals surface area contributed by atoms with Crippen LogP contribution in [0.15, 0.2) is 30.7 Å². The maximum atomic E-state index is 4.40. The maximum Gasteiger partial charge on any atom is 0.120 e. The summed E-state index contributed by atoms with van der Waals surface area (Å²) in [4.78, 5) is 14.4. The normalized spacial score (nSPS) is 20.1. The van der Waals surface area contributed by atoms with Crippen molar-refractivity contribution in [3.05, 3.63) is 47.8 Å². The van der Waals surface area contributed by atoms with E-state index < -0.39 is 0 Å². The topological polar surface area (TPSA) is 44.8 Å². The molecule has 1 saturated heterocycles. The second-order valence-corrected chi connectivity index (χ2v) is 5.79. The average Bonchev–Trinajstić information content (AvgIpc) is 2.95. The van der Waals surface area contributed by atoms with Gasteiger partial charge in [-0.2, -0.15) is 0 Å². The lowest BCUT2D eigenvalue weighted by Gasteiger charge is -2.32. The van der Waals surface area contributed by atoms with Gasteiger partial charge in [0, 0.05) is 30.8 Å². The van der Waals surface area contributed by atoms with Crippen LogP contribution in [0.4, 0.5) is 0 Å². The van der Waals surface area contributed by atoms with Crippen LogP contribution in [0.1, 0.15) is 29.9 Å². The van der Waals surface area contributed by atoms with Crippen LogP contribution in [-0.2, 0) is 13.0 Å². The summed E-state index contributed by atoms with van der Waals surface area (Å²) in [6, 6.07) is 4.33. The van der Waals surface area contributed by atoms with Crippen LogP contribution in [0.2, 0.25) is 0 Å². The van der Waals surface area contributed by atoms with E-state index in [0.717, 1.165) is 36.9 Å². The summed E-state index contributed by atoms with van der Waals surface area (Å²) in [5, 5.41) is 0. The van der Waals surface area contributed by atoms with E-state index in [-0.39, 0.29) is 0 Å². The number of hydrogen-bond donors (Lipinski definition) is 1. The van der Waals surface area contributed by atoms with Gasteiger partial charge in [-0.1, -0.05) is 6.07 Å². The lowest BCUT2D eigenvalue weighted by Crippen LogP contribution is -2.36. The number of likely N-dealkylation sites (tertiary alicyclic amines) is 1. The van der Waals surface area contributed by atoms with Crippen molar-refractivity contribution in [2.75, 3.05) is 13.1 Å². The fourth-order valence-corrected chi connectivity index (χ4v) is 3.01. The SMILES string of the molecule is Cc1ccc(C[C@H]2CCCN(Cc3ncc[nH]3)C2)cn1. The number of aryl methyl sites for hydroxylation is 1. The number of aromatic nitrogens is 3. The van der Waals surface area contributed by atoms with Crippen molar-refractivity contribution in [3.8, 4) is 0 Å². The average molecular weight is 270 g/mol. The first-order chi connectivity index (χ1) is 9.79. The molecule has 3 heterocycles. The van der Waals surface area contributed by atoms with Crippen LogP contribution >= 0.6 is 0 Å². The first-order valence-electron chi connectivity index (χ1n) is 7.42. The summed E-state index contributed by atoms with van der Waals surface area (Å²) in [6.45, 7) is 5.32. The molecule has 0 bridgehead atoms. The standard InChI is InChI=1S/C16H22N4/c1-13-4-5-14(10-19-13)9-15-3-2-8-20(11-15)12-16-17-6-7-18-16/h4-7,10,15H,2-3,8-9,11-12H2,1H3,(H,17,18)/t15-/m1/s1. The number of hydrogen-bond acceptors (Lipinski definition) is 3. The monoisotopic (exact) mass is 270 g/mol. The number of rotatable bonds is 4. The summed E-state index contributed by atoms with van der Waals surface area (Å²) < 4.78 is 0. The van der Waals surface area contributed by atoms with Gasteiger partial charge in [-0.15, -0.1) is 0 Å². The van der Waals surface area contributed by atoms with Crippen molar-refractivity contribution < 1.29 is 0 Å². The molecule has 3 rings (SSSR count). The third kappa shape index (κ3) is 3.45. The van der Waals surface area contributed by atoms with E-state index in [1.807, 2.05) is 25.5 Å². The second-order valence-electron chi connectivity index (χ2n) is 5.79.